The van der Waals surface area contributed by atoms with Crippen LogP contribution in [0.5, 0.6) is 5.75 Å². The number of rotatable bonds is 4. The van der Waals surface area contributed by atoms with Crippen molar-refractivity contribution in [2.75, 3.05) is 5.32 Å². The van der Waals surface area contributed by atoms with Gasteiger partial charge in [0.2, 0.25) is 0 Å². The molecule has 1 aliphatic rings. The summed E-state index contributed by atoms with van der Waals surface area (Å²) in [6.45, 7) is 1.59. The predicted octanol–water partition coefficient (Wildman–Crippen LogP) is 4.99. The van der Waals surface area contributed by atoms with Crippen LogP contribution >= 0.6 is 0 Å². The summed E-state index contributed by atoms with van der Waals surface area (Å²) in [7, 11) is 0. The molecule has 0 aliphatic heterocycles. The van der Waals surface area contributed by atoms with Crippen LogP contribution < -0.4 is 10.1 Å². The molecule has 3 rings (SSSR count). The van der Waals surface area contributed by atoms with Crippen LogP contribution in [-0.4, -0.2) is 12.0 Å². The van der Waals surface area contributed by atoms with Gasteiger partial charge in [-0.25, -0.2) is 0 Å². The highest BCUT2D eigenvalue weighted by molar-refractivity contribution is 5.94. The van der Waals surface area contributed by atoms with Gasteiger partial charge in [0.15, 0.2) is 6.10 Å². The number of aryl methyl sites for hydroxylation is 1. The lowest BCUT2D eigenvalue weighted by molar-refractivity contribution is -0.137. The Morgan fingerprint density at radius 3 is 2.62 bits per heavy atom. The Hall–Kier alpha value is -2.50. The Morgan fingerprint density at radius 2 is 1.85 bits per heavy atom. The lowest BCUT2D eigenvalue weighted by Gasteiger charge is -2.22. The van der Waals surface area contributed by atoms with Crippen molar-refractivity contribution in [2.45, 2.75) is 44.9 Å². The first-order valence-electron chi connectivity index (χ1n) is 8.60. The van der Waals surface area contributed by atoms with Crippen LogP contribution in [0, 0.1) is 0 Å². The third-order valence-electron chi connectivity index (χ3n) is 4.48. The molecule has 0 bridgehead atoms. The first kappa shape index (κ1) is 18.3. The molecule has 0 unspecified atom stereocenters. The van der Waals surface area contributed by atoms with Crippen molar-refractivity contribution in [2.24, 2.45) is 0 Å². The van der Waals surface area contributed by atoms with E-state index in [1.165, 1.54) is 17.7 Å². The highest BCUT2D eigenvalue weighted by Crippen LogP contribution is 2.32. The van der Waals surface area contributed by atoms with Crippen molar-refractivity contribution < 1.29 is 22.7 Å². The summed E-state index contributed by atoms with van der Waals surface area (Å²) in [4.78, 5) is 12.3. The summed E-state index contributed by atoms with van der Waals surface area (Å²) >= 11 is 0. The molecule has 0 fully saturated rings. The number of carbonyl (C=O) groups excluding carboxylic acids is 1. The summed E-state index contributed by atoms with van der Waals surface area (Å²) in [5.41, 5.74) is 1.65. The zero-order valence-corrected chi connectivity index (χ0v) is 14.4. The maximum Gasteiger partial charge on any atom is 0.416 e. The smallest absolute Gasteiger partial charge is 0.416 e. The Morgan fingerprint density at radius 1 is 1.12 bits per heavy atom. The number of carbonyl (C=O) groups is 1. The van der Waals surface area contributed by atoms with Crippen LogP contribution in [0.1, 0.15) is 36.5 Å². The fourth-order valence-corrected chi connectivity index (χ4v) is 3.12. The van der Waals surface area contributed by atoms with Gasteiger partial charge in [0, 0.05) is 5.69 Å². The molecule has 3 nitrogen and oxygen atoms in total. The third kappa shape index (κ3) is 4.18. The number of amides is 1. The van der Waals surface area contributed by atoms with E-state index in [1.807, 2.05) is 12.1 Å². The number of benzene rings is 2. The fraction of sp³-hybridized carbons (Fsp3) is 0.350. The summed E-state index contributed by atoms with van der Waals surface area (Å²) in [5, 5.41) is 2.49. The number of halogens is 3. The van der Waals surface area contributed by atoms with E-state index in [1.54, 1.807) is 6.92 Å². The molecule has 0 spiro atoms. The molecule has 2 aromatic carbocycles. The molecule has 1 amide bonds. The number of nitrogens with one attached hydrogen (secondary N) is 1. The SMILES string of the molecule is C[C@@H](Oc1cccc2c1CCCC2)C(=O)Nc1cccc(C(F)(F)F)c1. The topological polar surface area (TPSA) is 38.3 Å². The Kier molecular flexibility index (Phi) is 5.20. The maximum absolute atomic E-state index is 12.8. The Balaban J connectivity index is 1.69. The maximum atomic E-state index is 12.8. The lowest BCUT2D eigenvalue weighted by Crippen LogP contribution is -2.30. The first-order chi connectivity index (χ1) is 12.3. The van der Waals surface area contributed by atoms with Gasteiger partial charge in [-0.3, -0.25) is 4.79 Å². The molecule has 138 valence electrons. The molecule has 1 atom stereocenters. The predicted molar refractivity (Wildman–Crippen MR) is 93.2 cm³/mol. The van der Waals surface area contributed by atoms with Crippen LogP contribution in [0.3, 0.4) is 0 Å². The van der Waals surface area contributed by atoms with Gasteiger partial charge in [0.1, 0.15) is 5.75 Å². The van der Waals surface area contributed by atoms with Crippen LogP contribution in [0.2, 0.25) is 0 Å². The number of fused-ring (bicyclic) bond motifs is 1. The van der Waals surface area contributed by atoms with E-state index in [-0.39, 0.29) is 5.69 Å². The van der Waals surface area contributed by atoms with Crippen LogP contribution in [0.25, 0.3) is 0 Å². The van der Waals surface area contributed by atoms with E-state index < -0.39 is 23.8 Å². The number of hydrogen-bond donors (Lipinski definition) is 1. The van der Waals surface area contributed by atoms with Gasteiger partial charge in [0.25, 0.3) is 5.91 Å². The van der Waals surface area contributed by atoms with Crippen molar-refractivity contribution in [3.63, 3.8) is 0 Å². The van der Waals surface area contributed by atoms with Crippen LogP contribution in [-0.2, 0) is 23.8 Å². The molecule has 0 saturated carbocycles. The third-order valence-corrected chi connectivity index (χ3v) is 4.48. The lowest BCUT2D eigenvalue weighted by atomic mass is 9.91. The van der Waals surface area contributed by atoms with Crippen molar-refractivity contribution in [3.05, 3.63) is 59.2 Å². The molecular weight excluding hydrogens is 343 g/mol. The van der Waals surface area contributed by atoms with Gasteiger partial charge in [-0.1, -0.05) is 18.2 Å². The van der Waals surface area contributed by atoms with Crippen LogP contribution in [0.4, 0.5) is 18.9 Å². The van der Waals surface area contributed by atoms with E-state index in [4.69, 9.17) is 4.74 Å². The molecule has 0 aromatic heterocycles. The average molecular weight is 363 g/mol. The molecule has 1 N–H and O–H groups in total. The zero-order valence-electron chi connectivity index (χ0n) is 14.4. The van der Waals surface area contributed by atoms with Crippen molar-refractivity contribution in [1.29, 1.82) is 0 Å². The van der Waals surface area contributed by atoms with Crippen molar-refractivity contribution >= 4 is 11.6 Å². The largest absolute Gasteiger partial charge is 0.481 e. The zero-order chi connectivity index (χ0) is 18.7. The number of alkyl halides is 3. The molecule has 0 radical (unpaired) electrons. The number of anilines is 1. The van der Waals surface area contributed by atoms with Gasteiger partial charge < -0.3 is 10.1 Å². The molecular formula is C20H20F3NO2. The summed E-state index contributed by atoms with van der Waals surface area (Å²) in [6.07, 6.45) is -1.14. The van der Waals surface area contributed by atoms with E-state index in [0.29, 0.717) is 5.75 Å². The highest BCUT2D eigenvalue weighted by Gasteiger charge is 2.30. The van der Waals surface area contributed by atoms with E-state index in [2.05, 4.69) is 11.4 Å². The second kappa shape index (κ2) is 7.40. The van der Waals surface area contributed by atoms with Gasteiger partial charge in [-0.15, -0.1) is 0 Å². The minimum Gasteiger partial charge on any atom is -0.481 e. The molecule has 1 aliphatic carbocycles. The number of ether oxygens (including phenoxy) is 1. The van der Waals surface area contributed by atoms with Crippen LogP contribution in [0.15, 0.2) is 42.5 Å². The molecule has 0 saturated heterocycles. The van der Waals surface area contributed by atoms with Gasteiger partial charge in [-0.05, 0) is 68.0 Å². The highest BCUT2D eigenvalue weighted by atomic mass is 19.4. The normalized spacial score (nSPS) is 15.1. The second-order valence-corrected chi connectivity index (χ2v) is 6.43. The summed E-state index contributed by atoms with van der Waals surface area (Å²) in [5.74, 6) is 0.187. The molecule has 26 heavy (non-hydrogen) atoms. The van der Waals surface area contributed by atoms with E-state index >= 15 is 0 Å². The minimum atomic E-state index is -4.45. The van der Waals surface area contributed by atoms with Crippen molar-refractivity contribution in [1.82, 2.24) is 0 Å². The van der Waals surface area contributed by atoms with Gasteiger partial charge in [0.05, 0.1) is 5.56 Å². The fourth-order valence-electron chi connectivity index (χ4n) is 3.12. The first-order valence-corrected chi connectivity index (χ1v) is 8.60. The van der Waals surface area contributed by atoms with Crippen molar-refractivity contribution in [3.8, 4) is 5.75 Å². The molecule has 0 heterocycles. The van der Waals surface area contributed by atoms with E-state index in [0.717, 1.165) is 43.4 Å². The Labute approximate surface area is 150 Å². The summed E-state index contributed by atoms with van der Waals surface area (Å²) < 4.78 is 44.1. The monoisotopic (exact) mass is 363 g/mol. The van der Waals surface area contributed by atoms with Gasteiger partial charge in [-0.2, -0.15) is 13.2 Å². The second-order valence-electron chi connectivity index (χ2n) is 6.43. The van der Waals surface area contributed by atoms with E-state index in [9.17, 15) is 18.0 Å². The van der Waals surface area contributed by atoms with Gasteiger partial charge >= 0.3 is 6.18 Å². The number of hydrogen-bond acceptors (Lipinski definition) is 2. The average Bonchev–Trinajstić information content (AvgIpc) is 2.61. The minimum absolute atomic E-state index is 0.0929. The quantitative estimate of drug-likeness (QED) is 0.831. The molecule has 2 aromatic rings. The molecule has 6 heteroatoms. The Bertz CT molecular complexity index is 802. The summed E-state index contributed by atoms with van der Waals surface area (Å²) in [6, 6.07) is 10.4. The standard InChI is InChI=1S/C20H20F3NO2/c1-13(26-18-11-4-7-14-6-2-3-10-17(14)18)19(25)24-16-9-5-8-15(12-16)20(21,22)23/h4-5,7-9,11-13H,2-3,6,10H2,1H3,(H,24,25)/t13-/m1/s1.